The number of carboxylic acid groups (broad SMARTS) is 1. The van der Waals surface area contributed by atoms with E-state index in [-0.39, 0.29) is 12.2 Å². The van der Waals surface area contributed by atoms with Gasteiger partial charge in [0.05, 0.1) is 6.42 Å². The number of halogens is 3. The summed E-state index contributed by atoms with van der Waals surface area (Å²) in [6, 6.07) is 5.13. The fourth-order valence-corrected chi connectivity index (χ4v) is 1.08. The van der Waals surface area contributed by atoms with E-state index in [0.717, 1.165) is 12.1 Å². The van der Waals surface area contributed by atoms with Gasteiger partial charge < -0.3 is 9.84 Å². The second-order valence-corrected chi connectivity index (χ2v) is 3.12. The molecule has 0 fully saturated rings. The molecule has 1 N–H and O–H groups in total. The third-order valence-electron chi connectivity index (χ3n) is 1.72. The van der Waals surface area contributed by atoms with Gasteiger partial charge in [-0.1, -0.05) is 24.3 Å². The molecule has 0 unspecified atom stereocenters. The minimum absolute atomic E-state index is 0.138. The second kappa shape index (κ2) is 5.38. The lowest BCUT2D eigenvalue weighted by Gasteiger charge is -2.08. The number of benzene rings is 1. The Morgan fingerprint density at radius 2 is 1.88 bits per heavy atom. The first kappa shape index (κ1) is 13.1. The third-order valence-corrected chi connectivity index (χ3v) is 1.72. The molecule has 0 aliphatic rings. The number of ether oxygens (including phenoxy) is 1. The van der Waals surface area contributed by atoms with Crippen LogP contribution in [0, 0.1) is 0 Å². The molecule has 0 saturated carbocycles. The zero-order valence-corrected chi connectivity index (χ0v) is 8.57. The minimum atomic E-state index is -4.71. The highest BCUT2D eigenvalue weighted by Gasteiger charge is 2.30. The van der Waals surface area contributed by atoms with E-state index in [1.54, 1.807) is 0 Å². The van der Waals surface area contributed by atoms with Crippen molar-refractivity contribution >= 4 is 12.0 Å². The summed E-state index contributed by atoms with van der Waals surface area (Å²) in [5.41, 5.74) is 0.598. The standard InChI is InChI=1S/C11H9F3O3/c12-11(13,14)17-9-6-4-8(5-7-9)2-1-3-10(15)16/h1-2,4-7H,3H2,(H,15,16)/b2-1+. The zero-order valence-electron chi connectivity index (χ0n) is 8.57. The maximum atomic E-state index is 11.8. The van der Waals surface area contributed by atoms with Crippen LogP contribution in [0.4, 0.5) is 13.2 Å². The zero-order chi connectivity index (χ0) is 12.9. The van der Waals surface area contributed by atoms with Crippen molar-refractivity contribution in [1.82, 2.24) is 0 Å². The van der Waals surface area contributed by atoms with E-state index in [0.29, 0.717) is 5.56 Å². The van der Waals surface area contributed by atoms with Crippen LogP contribution in [-0.4, -0.2) is 17.4 Å². The van der Waals surface area contributed by atoms with Crippen molar-refractivity contribution in [1.29, 1.82) is 0 Å². The van der Waals surface area contributed by atoms with Crippen LogP contribution in [-0.2, 0) is 4.79 Å². The molecule has 0 heterocycles. The average Bonchev–Trinajstić information content (AvgIpc) is 2.18. The molecule has 0 atom stereocenters. The van der Waals surface area contributed by atoms with Crippen LogP contribution >= 0.6 is 0 Å². The van der Waals surface area contributed by atoms with Crippen molar-refractivity contribution in [2.75, 3.05) is 0 Å². The van der Waals surface area contributed by atoms with Crippen LogP contribution < -0.4 is 4.74 Å². The van der Waals surface area contributed by atoms with Gasteiger partial charge in [0.25, 0.3) is 0 Å². The molecule has 1 aromatic carbocycles. The van der Waals surface area contributed by atoms with Crippen molar-refractivity contribution in [3.63, 3.8) is 0 Å². The van der Waals surface area contributed by atoms with Crippen molar-refractivity contribution in [2.24, 2.45) is 0 Å². The van der Waals surface area contributed by atoms with E-state index in [4.69, 9.17) is 5.11 Å². The van der Waals surface area contributed by atoms with Gasteiger partial charge in [-0.3, -0.25) is 4.79 Å². The summed E-state index contributed by atoms with van der Waals surface area (Å²) in [7, 11) is 0. The van der Waals surface area contributed by atoms with Gasteiger partial charge in [0.15, 0.2) is 0 Å². The number of rotatable bonds is 4. The first-order chi connectivity index (χ1) is 7.87. The average molecular weight is 246 g/mol. The van der Waals surface area contributed by atoms with Gasteiger partial charge in [-0.15, -0.1) is 13.2 Å². The van der Waals surface area contributed by atoms with Gasteiger partial charge in [-0.2, -0.15) is 0 Å². The fraction of sp³-hybridized carbons (Fsp3) is 0.182. The van der Waals surface area contributed by atoms with Gasteiger partial charge in [0, 0.05) is 0 Å². The van der Waals surface area contributed by atoms with Crippen LogP contribution in [0.2, 0.25) is 0 Å². The molecular weight excluding hydrogens is 237 g/mol. The van der Waals surface area contributed by atoms with Crippen LogP contribution in [0.1, 0.15) is 12.0 Å². The van der Waals surface area contributed by atoms with Crippen molar-refractivity contribution in [3.05, 3.63) is 35.9 Å². The van der Waals surface area contributed by atoms with Gasteiger partial charge in [0.2, 0.25) is 0 Å². The molecule has 1 rings (SSSR count). The second-order valence-electron chi connectivity index (χ2n) is 3.12. The van der Waals surface area contributed by atoms with Crippen molar-refractivity contribution in [3.8, 4) is 5.75 Å². The Balaban J connectivity index is 2.62. The largest absolute Gasteiger partial charge is 0.573 e. The first-order valence-electron chi connectivity index (χ1n) is 4.61. The van der Waals surface area contributed by atoms with E-state index < -0.39 is 12.3 Å². The van der Waals surface area contributed by atoms with Gasteiger partial charge >= 0.3 is 12.3 Å². The van der Waals surface area contributed by atoms with Gasteiger partial charge in [0.1, 0.15) is 5.75 Å². The third kappa shape index (κ3) is 5.60. The summed E-state index contributed by atoms with van der Waals surface area (Å²) in [5.74, 6) is -1.29. The highest BCUT2D eigenvalue weighted by Crippen LogP contribution is 2.22. The van der Waals surface area contributed by atoms with Gasteiger partial charge in [-0.25, -0.2) is 0 Å². The fourth-order valence-electron chi connectivity index (χ4n) is 1.08. The maximum absolute atomic E-state index is 11.8. The lowest BCUT2D eigenvalue weighted by Crippen LogP contribution is -2.16. The maximum Gasteiger partial charge on any atom is 0.573 e. The smallest absolute Gasteiger partial charge is 0.481 e. The normalized spacial score (nSPS) is 11.7. The summed E-state index contributed by atoms with van der Waals surface area (Å²) < 4.78 is 39.2. The van der Waals surface area contributed by atoms with Crippen LogP contribution in [0.5, 0.6) is 5.75 Å². The Kier molecular flexibility index (Phi) is 4.14. The summed E-state index contributed by atoms with van der Waals surface area (Å²) in [6.07, 6.45) is -1.94. The van der Waals surface area contributed by atoms with E-state index >= 15 is 0 Å². The lowest BCUT2D eigenvalue weighted by atomic mass is 10.2. The van der Waals surface area contributed by atoms with Crippen LogP contribution in [0.25, 0.3) is 6.08 Å². The molecule has 0 spiro atoms. The van der Waals surface area contributed by atoms with Crippen molar-refractivity contribution < 1.29 is 27.8 Å². The first-order valence-corrected chi connectivity index (χ1v) is 4.61. The molecule has 92 valence electrons. The predicted octanol–water partition coefficient (Wildman–Crippen LogP) is 3.07. The molecular formula is C11H9F3O3. The summed E-state index contributed by atoms with van der Waals surface area (Å²) >= 11 is 0. The van der Waals surface area contributed by atoms with Crippen LogP contribution in [0.15, 0.2) is 30.3 Å². The topological polar surface area (TPSA) is 46.5 Å². The van der Waals surface area contributed by atoms with E-state index in [9.17, 15) is 18.0 Å². The van der Waals surface area contributed by atoms with E-state index in [1.165, 1.54) is 24.3 Å². The minimum Gasteiger partial charge on any atom is -0.481 e. The highest BCUT2D eigenvalue weighted by atomic mass is 19.4. The number of aliphatic carboxylic acids is 1. The Morgan fingerprint density at radius 1 is 1.29 bits per heavy atom. The monoisotopic (exact) mass is 246 g/mol. The van der Waals surface area contributed by atoms with Crippen molar-refractivity contribution in [2.45, 2.75) is 12.8 Å². The highest BCUT2D eigenvalue weighted by molar-refractivity contribution is 5.70. The number of hydrogen-bond acceptors (Lipinski definition) is 2. The molecule has 1 aromatic rings. The Hall–Kier alpha value is -1.98. The summed E-state index contributed by atoms with van der Waals surface area (Å²) in [5, 5.41) is 8.37. The number of alkyl halides is 3. The van der Waals surface area contributed by atoms with Gasteiger partial charge in [-0.05, 0) is 17.7 Å². The molecule has 3 nitrogen and oxygen atoms in total. The molecule has 6 heteroatoms. The van der Waals surface area contributed by atoms with E-state index in [1.807, 2.05) is 0 Å². The lowest BCUT2D eigenvalue weighted by molar-refractivity contribution is -0.274. The Bertz CT molecular complexity index is 407. The summed E-state index contributed by atoms with van der Waals surface area (Å²) in [6.45, 7) is 0. The molecule has 0 bridgehead atoms. The summed E-state index contributed by atoms with van der Waals surface area (Å²) in [4.78, 5) is 10.2. The van der Waals surface area contributed by atoms with E-state index in [2.05, 4.69) is 4.74 Å². The van der Waals surface area contributed by atoms with Crippen LogP contribution in [0.3, 0.4) is 0 Å². The Morgan fingerprint density at radius 3 is 2.35 bits per heavy atom. The quantitative estimate of drug-likeness (QED) is 0.888. The molecule has 0 amide bonds. The Labute approximate surface area is 95.1 Å². The SMILES string of the molecule is O=C(O)C/C=C/c1ccc(OC(F)(F)F)cc1. The number of hydrogen-bond donors (Lipinski definition) is 1. The molecule has 0 aromatic heterocycles. The number of carbonyl (C=O) groups is 1. The number of carboxylic acids is 1. The molecule has 17 heavy (non-hydrogen) atoms. The molecule has 0 aliphatic heterocycles. The molecule has 0 aliphatic carbocycles. The molecule has 0 saturated heterocycles. The molecule has 0 radical (unpaired) electrons. The predicted molar refractivity (Wildman–Crippen MR) is 54.4 cm³/mol.